The number of rotatable bonds is 2. The molecule has 0 saturated heterocycles. The van der Waals surface area contributed by atoms with Crippen molar-refractivity contribution in [3.63, 3.8) is 0 Å². The van der Waals surface area contributed by atoms with Crippen LogP contribution in [0.1, 0.15) is 24.0 Å². The molecule has 0 atom stereocenters. The molecule has 4 heteroatoms. The van der Waals surface area contributed by atoms with Crippen LogP contribution in [-0.4, -0.2) is 30.0 Å². The minimum absolute atomic E-state index is 0.169. The van der Waals surface area contributed by atoms with Gasteiger partial charge in [0.25, 0.3) is 5.69 Å². The lowest BCUT2D eigenvalue weighted by Gasteiger charge is -2.09. The van der Waals surface area contributed by atoms with E-state index in [1.807, 2.05) is 13.0 Å². The first kappa shape index (κ1) is 12.8. The Kier molecular flexibility index (Phi) is 3.77. The first-order valence-corrected chi connectivity index (χ1v) is 6.21. The van der Waals surface area contributed by atoms with E-state index in [2.05, 4.69) is 18.0 Å². The number of hydrogen-bond donors (Lipinski definition) is 0. The van der Waals surface area contributed by atoms with Crippen LogP contribution in [-0.2, 0) is 0 Å². The summed E-state index contributed by atoms with van der Waals surface area (Å²) in [7, 11) is 2.11. The van der Waals surface area contributed by atoms with E-state index in [0.29, 0.717) is 0 Å². The van der Waals surface area contributed by atoms with Gasteiger partial charge in [0.2, 0.25) is 0 Å². The molecule has 4 nitrogen and oxygen atoms in total. The van der Waals surface area contributed by atoms with E-state index in [1.54, 1.807) is 12.1 Å². The molecule has 1 aromatic carbocycles. The summed E-state index contributed by atoms with van der Waals surface area (Å²) in [4.78, 5) is 12.7. The van der Waals surface area contributed by atoms with Crippen LogP contribution in [0.2, 0.25) is 0 Å². The predicted molar refractivity (Wildman–Crippen MR) is 72.5 cm³/mol. The molecule has 0 bridgehead atoms. The number of likely N-dealkylation sites (N-methyl/N-ethyl adjacent to an activating group) is 1. The van der Waals surface area contributed by atoms with Crippen LogP contribution in [0.4, 0.5) is 5.69 Å². The van der Waals surface area contributed by atoms with Crippen molar-refractivity contribution >= 4 is 11.3 Å². The molecular formula is C14H18N2O2. The van der Waals surface area contributed by atoms with Gasteiger partial charge in [-0.05, 0) is 56.1 Å². The molecule has 0 aliphatic carbocycles. The summed E-state index contributed by atoms with van der Waals surface area (Å²) in [6, 6.07) is 5.13. The van der Waals surface area contributed by atoms with Gasteiger partial charge in [-0.1, -0.05) is 6.08 Å². The standard InChI is InChI=1S/C14H18N2O2/c1-11-10-13(16(17)18)5-6-14(11)12-4-3-8-15(2)9-7-12/h5-7,10H,3-4,8-9H2,1-2H3. The Morgan fingerprint density at radius 1 is 1.39 bits per heavy atom. The second-order valence-electron chi connectivity index (χ2n) is 4.85. The number of nitro groups is 1. The van der Waals surface area contributed by atoms with Crippen molar-refractivity contribution in [2.45, 2.75) is 19.8 Å². The van der Waals surface area contributed by atoms with Gasteiger partial charge in [-0.2, -0.15) is 0 Å². The average molecular weight is 246 g/mol. The van der Waals surface area contributed by atoms with E-state index >= 15 is 0 Å². The van der Waals surface area contributed by atoms with Crippen molar-refractivity contribution in [2.24, 2.45) is 0 Å². The highest BCUT2D eigenvalue weighted by Crippen LogP contribution is 2.27. The molecule has 0 N–H and O–H groups in total. The first-order valence-electron chi connectivity index (χ1n) is 6.21. The monoisotopic (exact) mass is 246 g/mol. The van der Waals surface area contributed by atoms with Crippen molar-refractivity contribution in [2.75, 3.05) is 20.1 Å². The lowest BCUT2D eigenvalue weighted by Crippen LogP contribution is -2.17. The van der Waals surface area contributed by atoms with Crippen LogP contribution in [0.5, 0.6) is 0 Å². The zero-order valence-electron chi connectivity index (χ0n) is 10.8. The number of nitrogens with zero attached hydrogens (tertiary/aromatic N) is 2. The molecule has 18 heavy (non-hydrogen) atoms. The van der Waals surface area contributed by atoms with Crippen molar-refractivity contribution in [1.29, 1.82) is 0 Å². The topological polar surface area (TPSA) is 46.4 Å². The zero-order chi connectivity index (χ0) is 13.1. The van der Waals surface area contributed by atoms with Crippen molar-refractivity contribution in [3.05, 3.63) is 45.5 Å². The molecule has 2 rings (SSSR count). The van der Waals surface area contributed by atoms with Gasteiger partial charge >= 0.3 is 0 Å². The van der Waals surface area contributed by atoms with Crippen LogP contribution < -0.4 is 0 Å². The Bertz CT molecular complexity index is 495. The van der Waals surface area contributed by atoms with Crippen molar-refractivity contribution in [3.8, 4) is 0 Å². The molecule has 0 unspecified atom stereocenters. The molecule has 1 heterocycles. The van der Waals surface area contributed by atoms with Gasteiger partial charge in [0.1, 0.15) is 0 Å². The Labute approximate surface area is 107 Å². The SMILES string of the molecule is Cc1cc([N+](=O)[O-])ccc1C1=CCN(C)CCC1. The second-order valence-corrected chi connectivity index (χ2v) is 4.85. The molecule has 0 spiro atoms. The number of non-ortho nitro benzene ring substituents is 1. The fraction of sp³-hybridized carbons (Fsp3) is 0.429. The van der Waals surface area contributed by atoms with Gasteiger partial charge in [0.15, 0.2) is 0 Å². The number of hydrogen-bond acceptors (Lipinski definition) is 3. The van der Waals surface area contributed by atoms with Gasteiger partial charge in [-0.25, -0.2) is 0 Å². The van der Waals surface area contributed by atoms with Crippen LogP contribution in [0.25, 0.3) is 5.57 Å². The smallest absolute Gasteiger partial charge is 0.269 e. The molecule has 0 aromatic heterocycles. The normalized spacial score (nSPS) is 17.1. The Morgan fingerprint density at radius 3 is 2.83 bits per heavy atom. The number of allylic oxidation sites excluding steroid dienone is 1. The third kappa shape index (κ3) is 2.76. The van der Waals surface area contributed by atoms with Gasteiger partial charge in [-0.15, -0.1) is 0 Å². The van der Waals surface area contributed by atoms with Gasteiger partial charge in [-0.3, -0.25) is 10.1 Å². The molecule has 0 saturated carbocycles. The van der Waals surface area contributed by atoms with E-state index < -0.39 is 0 Å². The molecule has 96 valence electrons. The number of benzene rings is 1. The zero-order valence-corrected chi connectivity index (χ0v) is 10.8. The number of nitro benzene ring substituents is 1. The summed E-state index contributed by atoms with van der Waals surface area (Å²) < 4.78 is 0. The van der Waals surface area contributed by atoms with Crippen LogP contribution >= 0.6 is 0 Å². The quantitative estimate of drug-likeness (QED) is 0.595. The number of aryl methyl sites for hydroxylation is 1. The van der Waals surface area contributed by atoms with E-state index in [-0.39, 0.29) is 10.6 Å². The Hall–Kier alpha value is -1.68. The molecule has 0 fully saturated rings. The minimum atomic E-state index is -0.341. The second kappa shape index (κ2) is 5.31. The van der Waals surface area contributed by atoms with Crippen LogP contribution in [0, 0.1) is 17.0 Å². The van der Waals surface area contributed by atoms with Crippen LogP contribution in [0.15, 0.2) is 24.3 Å². The molecule has 0 radical (unpaired) electrons. The van der Waals surface area contributed by atoms with E-state index in [0.717, 1.165) is 37.1 Å². The molecular weight excluding hydrogens is 228 g/mol. The minimum Gasteiger partial charge on any atom is -0.303 e. The van der Waals surface area contributed by atoms with Crippen LogP contribution in [0.3, 0.4) is 0 Å². The molecule has 1 aliphatic heterocycles. The highest BCUT2D eigenvalue weighted by Gasteiger charge is 2.13. The van der Waals surface area contributed by atoms with Gasteiger partial charge in [0.05, 0.1) is 4.92 Å². The van der Waals surface area contributed by atoms with Crippen molar-refractivity contribution < 1.29 is 4.92 Å². The largest absolute Gasteiger partial charge is 0.303 e. The predicted octanol–water partition coefficient (Wildman–Crippen LogP) is 3.01. The first-order chi connectivity index (χ1) is 8.58. The van der Waals surface area contributed by atoms with Gasteiger partial charge in [0, 0.05) is 18.7 Å². The fourth-order valence-electron chi connectivity index (χ4n) is 2.37. The summed E-state index contributed by atoms with van der Waals surface area (Å²) in [5.74, 6) is 0. The third-order valence-electron chi connectivity index (χ3n) is 3.40. The maximum Gasteiger partial charge on any atom is 0.269 e. The lowest BCUT2D eigenvalue weighted by molar-refractivity contribution is -0.384. The van der Waals surface area contributed by atoms with E-state index in [9.17, 15) is 10.1 Å². The maximum atomic E-state index is 10.7. The van der Waals surface area contributed by atoms with Crippen molar-refractivity contribution in [1.82, 2.24) is 4.90 Å². The summed E-state index contributed by atoms with van der Waals surface area (Å²) in [6.07, 6.45) is 4.42. The highest BCUT2D eigenvalue weighted by atomic mass is 16.6. The summed E-state index contributed by atoms with van der Waals surface area (Å²) in [6.45, 7) is 4.00. The highest BCUT2D eigenvalue weighted by molar-refractivity contribution is 5.69. The summed E-state index contributed by atoms with van der Waals surface area (Å²) in [5, 5.41) is 10.7. The third-order valence-corrected chi connectivity index (χ3v) is 3.40. The lowest BCUT2D eigenvalue weighted by atomic mass is 9.96. The van der Waals surface area contributed by atoms with E-state index in [4.69, 9.17) is 0 Å². The van der Waals surface area contributed by atoms with Gasteiger partial charge < -0.3 is 4.90 Å². The molecule has 0 amide bonds. The van der Waals surface area contributed by atoms with E-state index in [1.165, 1.54) is 5.57 Å². The Balaban J connectivity index is 2.30. The fourth-order valence-corrected chi connectivity index (χ4v) is 2.37. The maximum absolute atomic E-state index is 10.7. The molecule has 1 aromatic rings. The summed E-state index contributed by atoms with van der Waals surface area (Å²) in [5.41, 5.74) is 3.62. The molecule has 1 aliphatic rings. The summed E-state index contributed by atoms with van der Waals surface area (Å²) >= 11 is 0. The Morgan fingerprint density at radius 2 is 2.17 bits per heavy atom. The average Bonchev–Trinajstić information content (AvgIpc) is 2.54.